The van der Waals surface area contributed by atoms with E-state index >= 15 is 0 Å². The Bertz CT molecular complexity index is 381. The summed E-state index contributed by atoms with van der Waals surface area (Å²) in [6, 6.07) is 7.66. The van der Waals surface area contributed by atoms with Crippen molar-refractivity contribution in [2.24, 2.45) is 0 Å². The minimum absolute atomic E-state index is 0.151. The Kier molecular flexibility index (Phi) is 4.72. The molecule has 1 aromatic carbocycles. The van der Waals surface area contributed by atoms with Crippen LogP contribution in [0.3, 0.4) is 0 Å². The van der Waals surface area contributed by atoms with Crippen molar-refractivity contribution < 1.29 is 4.39 Å². The Hall–Kier alpha value is -0.930. The highest BCUT2D eigenvalue weighted by Gasteiger charge is 2.17. The molecular formula is C15H23FN2. The van der Waals surface area contributed by atoms with Gasteiger partial charge >= 0.3 is 0 Å². The van der Waals surface area contributed by atoms with Crippen LogP contribution in [0.1, 0.15) is 37.8 Å². The van der Waals surface area contributed by atoms with Gasteiger partial charge in [-0.05, 0) is 64.0 Å². The molecule has 1 heterocycles. The molecule has 1 aliphatic rings. The van der Waals surface area contributed by atoms with Crippen LogP contribution < -0.4 is 5.32 Å². The van der Waals surface area contributed by atoms with Crippen LogP contribution in [-0.2, 0) is 0 Å². The zero-order valence-corrected chi connectivity index (χ0v) is 11.3. The zero-order chi connectivity index (χ0) is 13.0. The molecule has 0 amide bonds. The van der Waals surface area contributed by atoms with Crippen molar-refractivity contribution >= 4 is 0 Å². The van der Waals surface area contributed by atoms with Crippen LogP contribution in [0, 0.1) is 5.82 Å². The standard InChI is InChI=1S/C15H23FN2/c1-12(13-5-3-6-14(16)11-13)17-15-7-4-9-18(2)10-8-15/h3,5-6,11-12,15,17H,4,7-10H2,1-2H3/t12-,15?/m1/s1. The van der Waals surface area contributed by atoms with Gasteiger partial charge in [0.25, 0.3) is 0 Å². The number of hydrogen-bond donors (Lipinski definition) is 1. The Balaban J connectivity index is 1.92. The van der Waals surface area contributed by atoms with Crippen LogP contribution in [0.4, 0.5) is 4.39 Å². The Morgan fingerprint density at radius 1 is 1.33 bits per heavy atom. The van der Waals surface area contributed by atoms with Gasteiger partial charge in [-0.3, -0.25) is 0 Å². The molecule has 2 rings (SSSR count). The topological polar surface area (TPSA) is 15.3 Å². The minimum Gasteiger partial charge on any atom is -0.307 e. The maximum absolute atomic E-state index is 13.2. The van der Waals surface area contributed by atoms with Gasteiger partial charge in [-0.15, -0.1) is 0 Å². The van der Waals surface area contributed by atoms with E-state index in [0.29, 0.717) is 6.04 Å². The van der Waals surface area contributed by atoms with Crippen LogP contribution in [0.2, 0.25) is 0 Å². The largest absolute Gasteiger partial charge is 0.307 e. The second-order valence-electron chi connectivity index (χ2n) is 5.37. The molecule has 0 saturated carbocycles. The first-order valence-electron chi connectivity index (χ1n) is 6.85. The molecule has 100 valence electrons. The molecule has 0 radical (unpaired) electrons. The van der Waals surface area contributed by atoms with Gasteiger partial charge in [0, 0.05) is 12.1 Å². The molecule has 1 N–H and O–H groups in total. The summed E-state index contributed by atoms with van der Waals surface area (Å²) in [7, 11) is 2.18. The van der Waals surface area contributed by atoms with E-state index < -0.39 is 0 Å². The lowest BCUT2D eigenvalue weighted by atomic mass is 10.0. The molecular weight excluding hydrogens is 227 g/mol. The molecule has 0 aliphatic carbocycles. The third-order valence-electron chi connectivity index (χ3n) is 3.79. The van der Waals surface area contributed by atoms with Gasteiger partial charge in [0.05, 0.1) is 0 Å². The number of rotatable bonds is 3. The van der Waals surface area contributed by atoms with E-state index in [1.807, 2.05) is 6.07 Å². The molecule has 3 heteroatoms. The van der Waals surface area contributed by atoms with Gasteiger partial charge in [0.2, 0.25) is 0 Å². The molecule has 0 bridgehead atoms. The molecule has 0 spiro atoms. The van der Waals surface area contributed by atoms with E-state index in [1.54, 1.807) is 12.1 Å². The fourth-order valence-electron chi connectivity index (χ4n) is 2.63. The van der Waals surface area contributed by atoms with Gasteiger partial charge in [0.1, 0.15) is 5.82 Å². The highest BCUT2D eigenvalue weighted by molar-refractivity contribution is 5.19. The average molecular weight is 250 g/mol. The average Bonchev–Trinajstić information content (AvgIpc) is 2.54. The van der Waals surface area contributed by atoms with Crippen molar-refractivity contribution in [3.8, 4) is 0 Å². The van der Waals surface area contributed by atoms with Gasteiger partial charge in [-0.25, -0.2) is 4.39 Å². The summed E-state index contributed by atoms with van der Waals surface area (Å²) >= 11 is 0. The molecule has 2 atom stereocenters. The fraction of sp³-hybridized carbons (Fsp3) is 0.600. The van der Waals surface area contributed by atoms with Crippen LogP contribution >= 0.6 is 0 Å². The summed E-state index contributed by atoms with van der Waals surface area (Å²) in [6.45, 7) is 4.45. The molecule has 1 unspecified atom stereocenters. The van der Waals surface area contributed by atoms with Crippen LogP contribution in [0.15, 0.2) is 24.3 Å². The number of halogens is 1. The number of nitrogens with one attached hydrogen (secondary N) is 1. The number of nitrogens with zero attached hydrogens (tertiary/aromatic N) is 1. The quantitative estimate of drug-likeness (QED) is 0.887. The normalized spacial score (nSPS) is 23.6. The SMILES string of the molecule is C[C@@H](NC1CCCN(C)CC1)c1cccc(F)c1. The number of benzene rings is 1. The van der Waals surface area contributed by atoms with Crippen molar-refractivity contribution in [3.63, 3.8) is 0 Å². The van der Waals surface area contributed by atoms with E-state index in [4.69, 9.17) is 0 Å². The molecule has 1 aromatic rings. The Morgan fingerprint density at radius 2 is 2.17 bits per heavy atom. The number of hydrogen-bond acceptors (Lipinski definition) is 2. The number of likely N-dealkylation sites (tertiary alicyclic amines) is 1. The Morgan fingerprint density at radius 3 is 2.94 bits per heavy atom. The van der Waals surface area contributed by atoms with E-state index in [0.717, 1.165) is 12.1 Å². The predicted octanol–water partition coefficient (Wildman–Crippen LogP) is 2.96. The fourth-order valence-corrected chi connectivity index (χ4v) is 2.63. The molecule has 1 saturated heterocycles. The van der Waals surface area contributed by atoms with E-state index in [9.17, 15) is 4.39 Å². The zero-order valence-electron chi connectivity index (χ0n) is 11.3. The maximum atomic E-state index is 13.2. The lowest BCUT2D eigenvalue weighted by molar-refractivity contribution is 0.340. The monoisotopic (exact) mass is 250 g/mol. The van der Waals surface area contributed by atoms with Crippen LogP contribution in [0.5, 0.6) is 0 Å². The molecule has 1 fully saturated rings. The first-order valence-corrected chi connectivity index (χ1v) is 6.85. The second-order valence-corrected chi connectivity index (χ2v) is 5.37. The third-order valence-corrected chi connectivity index (χ3v) is 3.79. The van der Waals surface area contributed by atoms with Gasteiger partial charge in [-0.1, -0.05) is 12.1 Å². The summed E-state index contributed by atoms with van der Waals surface area (Å²) < 4.78 is 13.2. The second kappa shape index (κ2) is 6.30. The minimum atomic E-state index is -0.151. The van der Waals surface area contributed by atoms with Crippen LogP contribution in [-0.4, -0.2) is 31.1 Å². The van der Waals surface area contributed by atoms with Gasteiger partial charge in [0.15, 0.2) is 0 Å². The predicted molar refractivity (Wildman–Crippen MR) is 73.1 cm³/mol. The van der Waals surface area contributed by atoms with Gasteiger partial charge in [-0.2, -0.15) is 0 Å². The summed E-state index contributed by atoms with van der Waals surface area (Å²) in [5, 5.41) is 3.63. The van der Waals surface area contributed by atoms with Crippen LogP contribution in [0.25, 0.3) is 0 Å². The molecule has 2 nitrogen and oxygen atoms in total. The summed E-state index contributed by atoms with van der Waals surface area (Å²) in [6.07, 6.45) is 3.63. The molecule has 0 aromatic heterocycles. The first kappa shape index (κ1) is 13.5. The smallest absolute Gasteiger partial charge is 0.123 e. The highest BCUT2D eigenvalue weighted by atomic mass is 19.1. The van der Waals surface area contributed by atoms with Crippen molar-refractivity contribution in [3.05, 3.63) is 35.6 Å². The summed E-state index contributed by atoms with van der Waals surface area (Å²) in [5.41, 5.74) is 1.03. The first-order chi connectivity index (χ1) is 8.65. The van der Waals surface area contributed by atoms with E-state index in [-0.39, 0.29) is 11.9 Å². The summed E-state index contributed by atoms with van der Waals surface area (Å²) in [4.78, 5) is 2.38. The maximum Gasteiger partial charge on any atom is 0.123 e. The van der Waals surface area contributed by atoms with Crippen molar-refractivity contribution in [1.29, 1.82) is 0 Å². The van der Waals surface area contributed by atoms with Crippen molar-refractivity contribution in [1.82, 2.24) is 10.2 Å². The molecule has 1 aliphatic heterocycles. The van der Waals surface area contributed by atoms with E-state index in [1.165, 1.54) is 31.9 Å². The highest BCUT2D eigenvalue weighted by Crippen LogP contribution is 2.17. The lowest BCUT2D eigenvalue weighted by Gasteiger charge is -2.22. The van der Waals surface area contributed by atoms with Crippen molar-refractivity contribution in [2.45, 2.75) is 38.3 Å². The lowest BCUT2D eigenvalue weighted by Crippen LogP contribution is -2.32. The Labute approximate surface area is 109 Å². The summed E-state index contributed by atoms with van der Waals surface area (Å²) in [5.74, 6) is -0.151. The van der Waals surface area contributed by atoms with Crippen molar-refractivity contribution in [2.75, 3.05) is 20.1 Å². The third kappa shape index (κ3) is 3.79. The molecule has 18 heavy (non-hydrogen) atoms. The van der Waals surface area contributed by atoms with Gasteiger partial charge < -0.3 is 10.2 Å². The van der Waals surface area contributed by atoms with E-state index in [2.05, 4.69) is 24.2 Å².